The van der Waals surface area contributed by atoms with Gasteiger partial charge in [-0.2, -0.15) is 0 Å². The van der Waals surface area contributed by atoms with Crippen molar-refractivity contribution in [1.29, 1.82) is 0 Å². The number of anilines is 2. The molecule has 0 saturated carbocycles. The van der Waals surface area contributed by atoms with E-state index in [9.17, 15) is 16.8 Å². The number of hydrogen-bond donors (Lipinski definition) is 1. The SMILES string of the molecule is Cc1cc(C)c(S(=O)(=O)Nc2ccccc2N(C)S(C)(=O)=O)c(C)c1. The highest BCUT2D eigenvalue weighted by Crippen LogP contribution is 2.30. The lowest BCUT2D eigenvalue weighted by molar-refractivity contribution is 0.597. The van der Waals surface area contributed by atoms with E-state index in [4.69, 9.17) is 0 Å². The van der Waals surface area contributed by atoms with E-state index in [1.54, 1.807) is 44.2 Å². The van der Waals surface area contributed by atoms with Gasteiger partial charge in [0.05, 0.1) is 22.5 Å². The van der Waals surface area contributed by atoms with Crippen LogP contribution >= 0.6 is 0 Å². The van der Waals surface area contributed by atoms with Crippen LogP contribution in [0, 0.1) is 20.8 Å². The predicted octanol–water partition coefficient (Wildman–Crippen LogP) is 2.81. The molecule has 2 aromatic carbocycles. The van der Waals surface area contributed by atoms with Crippen LogP contribution in [0.25, 0.3) is 0 Å². The molecule has 0 unspecified atom stereocenters. The lowest BCUT2D eigenvalue weighted by Gasteiger charge is -2.21. The summed E-state index contributed by atoms with van der Waals surface area (Å²) >= 11 is 0. The molecular weight excluding hydrogens is 360 g/mol. The van der Waals surface area contributed by atoms with Crippen LogP contribution in [0.5, 0.6) is 0 Å². The minimum Gasteiger partial charge on any atom is -0.277 e. The molecule has 0 atom stereocenters. The molecule has 136 valence electrons. The van der Waals surface area contributed by atoms with Gasteiger partial charge in [-0.15, -0.1) is 0 Å². The smallest absolute Gasteiger partial charge is 0.262 e. The first-order valence-corrected chi connectivity index (χ1v) is 10.9. The average molecular weight is 383 g/mol. The van der Waals surface area contributed by atoms with Crippen LogP contribution in [0.15, 0.2) is 41.3 Å². The van der Waals surface area contributed by atoms with Gasteiger partial charge in [-0.3, -0.25) is 9.03 Å². The monoisotopic (exact) mass is 382 g/mol. The molecule has 0 bridgehead atoms. The fourth-order valence-electron chi connectivity index (χ4n) is 2.80. The van der Waals surface area contributed by atoms with Crippen molar-refractivity contribution < 1.29 is 16.8 Å². The second kappa shape index (κ2) is 6.68. The maximum absolute atomic E-state index is 12.9. The molecule has 0 heterocycles. The van der Waals surface area contributed by atoms with Gasteiger partial charge in [0.15, 0.2) is 0 Å². The molecule has 0 radical (unpaired) electrons. The zero-order chi connectivity index (χ0) is 19.0. The van der Waals surface area contributed by atoms with E-state index in [2.05, 4.69) is 4.72 Å². The highest BCUT2D eigenvalue weighted by atomic mass is 32.2. The summed E-state index contributed by atoms with van der Waals surface area (Å²) < 4.78 is 53.0. The molecule has 0 amide bonds. The Kier molecular flexibility index (Phi) is 5.15. The largest absolute Gasteiger partial charge is 0.277 e. The third kappa shape index (κ3) is 4.13. The van der Waals surface area contributed by atoms with Crippen LogP contribution < -0.4 is 9.03 Å². The van der Waals surface area contributed by atoms with Gasteiger partial charge in [0.2, 0.25) is 10.0 Å². The van der Waals surface area contributed by atoms with Crippen molar-refractivity contribution in [3.63, 3.8) is 0 Å². The van der Waals surface area contributed by atoms with Gasteiger partial charge in [-0.25, -0.2) is 16.8 Å². The van der Waals surface area contributed by atoms with Crippen LogP contribution in [0.2, 0.25) is 0 Å². The second-order valence-electron chi connectivity index (χ2n) is 6.08. The molecule has 6 nitrogen and oxygen atoms in total. The summed E-state index contributed by atoms with van der Waals surface area (Å²) in [7, 11) is -6.01. The zero-order valence-corrected chi connectivity index (χ0v) is 16.5. The van der Waals surface area contributed by atoms with Crippen molar-refractivity contribution in [2.24, 2.45) is 0 Å². The summed E-state index contributed by atoms with van der Waals surface area (Å²) in [5.41, 5.74) is 2.72. The van der Waals surface area contributed by atoms with E-state index in [-0.39, 0.29) is 16.3 Å². The molecule has 0 aliphatic rings. The molecule has 25 heavy (non-hydrogen) atoms. The third-order valence-electron chi connectivity index (χ3n) is 3.86. The van der Waals surface area contributed by atoms with Gasteiger partial charge in [0, 0.05) is 7.05 Å². The fourth-order valence-corrected chi connectivity index (χ4v) is 4.85. The van der Waals surface area contributed by atoms with Crippen LogP contribution in [0.1, 0.15) is 16.7 Å². The summed E-state index contributed by atoms with van der Waals surface area (Å²) in [5, 5.41) is 0. The molecule has 0 aromatic heterocycles. The Morgan fingerprint density at radius 1 is 0.920 bits per heavy atom. The van der Waals surface area contributed by atoms with Gasteiger partial charge in [-0.1, -0.05) is 29.8 Å². The number of nitrogens with one attached hydrogen (secondary N) is 1. The summed E-state index contributed by atoms with van der Waals surface area (Å²) in [4.78, 5) is 0.204. The lowest BCUT2D eigenvalue weighted by Crippen LogP contribution is -2.26. The van der Waals surface area contributed by atoms with Gasteiger partial charge >= 0.3 is 0 Å². The molecule has 1 N–H and O–H groups in total. The number of nitrogens with zero attached hydrogens (tertiary/aromatic N) is 1. The highest BCUT2D eigenvalue weighted by molar-refractivity contribution is 7.93. The third-order valence-corrected chi connectivity index (χ3v) is 6.72. The summed E-state index contributed by atoms with van der Waals surface area (Å²) in [6.07, 6.45) is 1.06. The van der Waals surface area contributed by atoms with Gasteiger partial charge < -0.3 is 0 Å². The fraction of sp³-hybridized carbons (Fsp3) is 0.294. The normalized spacial score (nSPS) is 12.0. The van der Waals surface area contributed by atoms with Crippen LogP contribution in [0.3, 0.4) is 0 Å². The number of aryl methyl sites for hydroxylation is 3. The van der Waals surface area contributed by atoms with Crippen LogP contribution in [-0.2, 0) is 20.0 Å². The quantitative estimate of drug-likeness (QED) is 0.862. The molecule has 0 saturated heterocycles. The Labute approximate surface area is 149 Å². The second-order valence-corrected chi connectivity index (χ2v) is 9.71. The Balaban J connectivity index is 2.54. The Morgan fingerprint density at radius 3 is 1.96 bits per heavy atom. The summed E-state index contributed by atoms with van der Waals surface area (Å²) in [6, 6.07) is 9.98. The molecule has 0 aliphatic carbocycles. The van der Waals surface area contributed by atoms with E-state index in [0.717, 1.165) is 16.1 Å². The van der Waals surface area contributed by atoms with E-state index in [0.29, 0.717) is 11.1 Å². The van der Waals surface area contributed by atoms with E-state index < -0.39 is 20.0 Å². The van der Waals surface area contributed by atoms with E-state index in [1.165, 1.54) is 13.1 Å². The van der Waals surface area contributed by atoms with E-state index >= 15 is 0 Å². The number of para-hydroxylation sites is 2. The molecule has 0 spiro atoms. The average Bonchev–Trinajstić information content (AvgIpc) is 2.44. The first-order valence-electron chi connectivity index (χ1n) is 7.57. The predicted molar refractivity (Wildman–Crippen MR) is 101 cm³/mol. The number of benzene rings is 2. The lowest BCUT2D eigenvalue weighted by atomic mass is 10.1. The van der Waals surface area contributed by atoms with Crippen molar-refractivity contribution in [3.8, 4) is 0 Å². The highest BCUT2D eigenvalue weighted by Gasteiger charge is 2.23. The molecule has 0 fully saturated rings. The van der Waals surface area contributed by atoms with Crippen molar-refractivity contribution in [3.05, 3.63) is 53.1 Å². The minimum atomic E-state index is -3.86. The number of hydrogen-bond acceptors (Lipinski definition) is 4. The molecular formula is C17H22N2O4S2. The molecule has 8 heteroatoms. The van der Waals surface area contributed by atoms with Gasteiger partial charge in [0.25, 0.3) is 10.0 Å². The first kappa shape index (κ1) is 19.3. The standard InChI is InChI=1S/C17H22N2O4S2/c1-12-10-13(2)17(14(3)11-12)25(22,23)18-15-8-6-7-9-16(15)19(4)24(5,20)21/h6-11,18H,1-5H3. The maximum Gasteiger partial charge on any atom is 0.262 e. The van der Waals surface area contributed by atoms with Crippen LogP contribution in [-0.4, -0.2) is 30.1 Å². The Morgan fingerprint density at radius 2 is 1.44 bits per heavy atom. The van der Waals surface area contributed by atoms with Crippen molar-refractivity contribution in [1.82, 2.24) is 0 Å². The zero-order valence-electron chi connectivity index (χ0n) is 14.9. The number of sulfonamides is 2. The topological polar surface area (TPSA) is 83.6 Å². The summed E-state index contributed by atoms with van der Waals surface area (Å²) in [6.45, 7) is 5.38. The van der Waals surface area contributed by atoms with Crippen molar-refractivity contribution >= 4 is 31.4 Å². The van der Waals surface area contributed by atoms with Crippen LogP contribution in [0.4, 0.5) is 11.4 Å². The van der Waals surface area contributed by atoms with Crippen molar-refractivity contribution in [2.45, 2.75) is 25.7 Å². The van der Waals surface area contributed by atoms with Gasteiger partial charge in [0.1, 0.15) is 0 Å². The Hall–Kier alpha value is -2.06. The molecule has 2 rings (SSSR count). The minimum absolute atomic E-state index is 0.204. The Bertz CT molecular complexity index is 990. The van der Waals surface area contributed by atoms with Crippen molar-refractivity contribution in [2.75, 3.05) is 22.3 Å². The maximum atomic E-state index is 12.9. The molecule has 2 aromatic rings. The number of rotatable bonds is 5. The van der Waals surface area contributed by atoms with Gasteiger partial charge in [-0.05, 0) is 44.0 Å². The summed E-state index contributed by atoms with van der Waals surface area (Å²) in [5.74, 6) is 0. The molecule has 0 aliphatic heterocycles. The first-order chi connectivity index (χ1) is 11.4. The van der Waals surface area contributed by atoms with E-state index in [1.807, 2.05) is 6.92 Å².